The van der Waals surface area contributed by atoms with E-state index in [1.165, 1.54) is 4.31 Å². The van der Waals surface area contributed by atoms with Gasteiger partial charge in [0.25, 0.3) is 0 Å². The van der Waals surface area contributed by atoms with Crippen molar-refractivity contribution in [3.63, 3.8) is 0 Å². The lowest BCUT2D eigenvalue weighted by atomic mass is 10.3. The van der Waals surface area contributed by atoms with Gasteiger partial charge in [0.05, 0.1) is 5.75 Å². The van der Waals surface area contributed by atoms with Gasteiger partial charge in [-0.25, -0.2) is 8.42 Å². The highest BCUT2D eigenvalue weighted by molar-refractivity contribution is 7.89. The van der Waals surface area contributed by atoms with Crippen LogP contribution in [0, 0.1) is 0 Å². The third-order valence-electron chi connectivity index (χ3n) is 2.67. The maximum absolute atomic E-state index is 12.1. The lowest BCUT2D eigenvalue weighted by molar-refractivity contribution is 0.335. The van der Waals surface area contributed by atoms with Crippen molar-refractivity contribution in [3.05, 3.63) is 36.9 Å². The predicted molar refractivity (Wildman–Crippen MR) is 82.2 cm³/mol. The molecule has 0 saturated heterocycles. The van der Waals surface area contributed by atoms with E-state index in [0.29, 0.717) is 24.5 Å². The Morgan fingerprint density at radius 3 is 2.80 bits per heavy atom. The summed E-state index contributed by atoms with van der Waals surface area (Å²) in [5, 5.41) is 0. The molecule has 0 atom stereocenters. The molecule has 0 heterocycles. The van der Waals surface area contributed by atoms with Gasteiger partial charge in [0.2, 0.25) is 10.0 Å². The molecule has 5 nitrogen and oxygen atoms in total. The van der Waals surface area contributed by atoms with Crippen LogP contribution in [0.25, 0.3) is 0 Å². The van der Waals surface area contributed by atoms with Crippen molar-refractivity contribution in [3.8, 4) is 5.75 Å². The molecule has 0 fully saturated rings. The van der Waals surface area contributed by atoms with Crippen LogP contribution in [0.5, 0.6) is 5.75 Å². The normalized spacial score (nSPS) is 11.5. The Bertz CT molecular complexity index is 529. The number of hydrogen-bond donors (Lipinski definition) is 1. The molecule has 6 heteroatoms. The first-order valence-electron chi connectivity index (χ1n) is 6.56. The van der Waals surface area contributed by atoms with Gasteiger partial charge in [-0.15, -0.1) is 6.58 Å². The van der Waals surface area contributed by atoms with Crippen LogP contribution in [0.3, 0.4) is 0 Å². The van der Waals surface area contributed by atoms with Crippen LogP contribution in [0.2, 0.25) is 0 Å². The Morgan fingerprint density at radius 2 is 2.20 bits per heavy atom. The van der Waals surface area contributed by atoms with Crippen LogP contribution in [0.15, 0.2) is 36.9 Å². The molecule has 0 spiro atoms. The molecule has 0 aliphatic carbocycles. The summed E-state index contributed by atoms with van der Waals surface area (Å²) < 4.78 is 31.1. The molecular formula is C14H22N2O3S. The second-order valence-electron chi connectivity index (χ2n) is 4.38. The molecule has 0 radical (unpaired) electrons. The second kappa shape index (κ2) is 7.91. The summed E-state index contributed by atoms with van der Waals surface area (Å²) in [6, 6.07) is 6.92. The van der Waals surface area contributed by atoms with E-state index in [2.05, 4.69) is 6.58 Å². The van der Waals surface area contributed by atoms with Crippen LogP contribution in [0.1, 0.15) is 13.3 Å². The van der Waals surface area contributed by atoms with Crippen LogP contribution < -0.4 is 10.5 Å². The lowest BCUT2D eigenvalue weighted by Gasteiger charge is -2.20. The van der Waals surface area contributed by atoms with Crippen LogP contribution >= 0.6 is 0 Å². The Labute approximate surface area is 121 Å². The molecule has 112 valence electrons. The summed E-state index contributed by atoms with van der Waals surface area (Å²) in [4.78, 5) is 0. The van der Waals surface area contributed by atoms with E-state index in [1.807, 2.05) is 6.92 Å². The Balaban J connectivity index is 2.55. The third kappa shape index (κ3) is 5.22. The number of hydrogen-bond acceptors (Lipinski definition) is 4. The molecule has 1 aromatic rings. The Hall–Kier alpha value is -1.53. The molecule has 1 rings (SSSR count). The average molecular weight is 298 g/mol. The van der Waals surface area contributed by atoms with Crippen LogP contribution in [-0.2, 0) is 10.0 Å². The van der Waals surface area contributed by atoms with Gasteiger partial charge in [-0.1, -0.05) is 19.1 Å². The summed E-state index contributed by atoms with van der Waals surface area (Å²) >= 11 is 0. The Kier molecular flexibility index (Phi) is 6.54. The van der Waals surface area contributed by atoms with E-state index in [4.69, 9.17) is 10.5 Å². The number of sulfonamides is 1. The maximum atomic E-state index is 12.1. The molecule has 0 bridgehead atoms. The first-order valence-corrected chi connectivity index (χ1v) is 8.17. The van der Waals surface area contributed by atoms with Gasteiger partial charge < -0.3 is 10.5 Å². The number of benzene rings is 1. The van der Waals surface area contributed by atoms with E-state index < -0.39 is 10.0 Å². The first-order chi connectivity index (χ1) is 9.49. The molecule has 0 aromatic heterocycles. The zero-order valence-electron chi connectivity index (χ0n) is 11.8. The number of nitrogens with two attached hydrogens (primary N) is 1. The standard InChI is InChI=1S/C14H22N2O3S/c1-3-8-16(9-4-2)20(17,18)11-10-19-14-7-5-6-13(15)12-14/h3,5-7,12H,1,4,8-11,15H2,2H3. The molecule has 0 saturated carbocycles. The first kappa shape index (κ1) is 16.5. The third-order valence-corrected chi connectivity index (χ3v) is 4.47. The zero-order valence-corrected chi connectivity index (χ0v) is 12.6. The fraction of sp³-hybridized carbons (Fsp3) is 0.429. The van der Waals surface area contributed by atoms with Crippen molar-refractivity contribution >= 4 is 15.7 Å². The number of nitrogen functional groups attached to an aromatic ring is 1. The molecule has 0 aliphatic heterocycles. The fourth-order valence-corrected chi connectivity index (χ4v) is 3.08. The van der Waals surface area contributed by atoms with Gasteiger partial charge in [0.15, 0.2) is 0 Å². The van der Waals surface area contributed by atoms with Crippen molar-refractivity contribution in [1.29, 1.82) is 0 Å². The van der Waals surface area contributed by atoms with E-state index in [9.17, 15) is 8.42 Å². The highest BCUT2D eigenvalue weighted by Gasteiger charge is 2.19. The fourth-order valence-electron chi connectivity index (χ4n) is 1.74. The van der Waals surface area contributed by atoms with Gasteiger partial charge in [0, 0.05) is 24.8 Å². The number of ether oxygens (including phenoxy) is 1. The minimum Gasteiger partial charge on any atom is -0.492 e. The molecule has 20 heavy (non-hydrogen) atoms. The molecule has 1 aromatic carbocycles. The van der Waals surface area contributed by atoms with E-state index in [1.54, 1.807) is 30.3 Å². The van der Waals surface area contributed by atoms with E-state index in [0.717, 1.165) is 6.42 Å². The monoisotopic (exact) mass is 298 g/mol. The highest BCUT2D eigenvalue weighted by atomic mass is 32.2. The average Bonchev–Trinajstić information content (AvgIpc) is 2.38. The lowest BCUT2D eigenvalue weighted by Crippen LogP contribution is -2.35. The quantitative estimate of drug-likeness (QED) is 0.558. The minimum absolute atomic E-state index is 0.0599. The number of rotatable bonds is 9. The zero-order chi connectivity index (χ0) is 15.0. The maximum Gasteiger partial charge on any atom is 0.217 e. The van der Waals surface area contributed by atoms with Gasteiger partial charge in [-0.3, -0.25) is 0 Å². The second-order valence-corrected chi connectivity index (χ2v) is 6.47. The molecule has 0 amide bonds. The van der Waals surface area contributed by atoms with Crippen LogP contribution in [0.4, 0.5) is 5.69 Å². The molecular weight excluding hydrogens is 276 g/mol. The van der Waals surface area contributed by atoms with Crippen LogP contribution in [-0.4, -0.2) is 38.2 Å². The molecule has 0 aliphatic rings. The summed E-state index contributed by atoms with van der Waals surface area (Å²) in [7, 11) is -3.32. The van der Waals surface area contributed by atoms with Crippen molar-refractivity contribution in [2.24, 2.45) is 0 Å². The SMILES string of the molecule is C=CCN(CCC)S(=O)(=O)CCOc1cccc(N)c1. The van der Waals surface area contributed by atoms with Gasteiger partial charge >= 0.3 is 0 Å². The number of nitrogens with zero attached hydrogens (tertiary/aromatic N) is 1. The minimum atomic E-state index is -3.32. The molecule has 0 unspecified atom stereocenters. The number of anilines is 1. The predicted octanol–water partition coefficient (Wildman–Crippen LogP) is 1.88. The Morgan fingerprint density at radius 1 is 1.45 bits per heavy atom. The van der Waals surface area contributed by atoms with E-state index >= 15 is 0 Å². The highest BCUT2D eigenvalue weighted by Crippen LogP contribution is 2.14. The van der Waals surface area contributed by atoms with Gasteiger partial charge in [-0.05, 0) is 18.6 Å². The van der Waals surface area contributed by atoms with Crippen molar-refractivity contribution in [2.75, 3.05) is 31.2 Å². The summed E-state index contributed by atoms with van der Waals surface area (Å²) in [6.45, 7) is 6.44. The van der Waals surface area contributed by atoms with Gasteiger partial charge in [-0.2, -0.15) is 4.31 Å². The van der Waals surface area contributed by atoms with Crippen molar-refractivity contribution < 1.29 is 13.2 Å². The topological polar surface area (TPSA) is 72.6 Å². The van der Waals surface area contributed by atoms with Crippen molar-refractivity contribution in [1.82, 2.24) is 4.31 Å². The summed E-state index contributed by atoms with van der Waals surface area (Å²) in [5.74, 6) is 0.515. The van der Waals surface area contributed by atoms with E-state index in [-0.39, 0.29) is 12.4 Å². The smallest absolute Gasteiger partial charge is 0.217 e. The van der Waals surface area contributed by atoms with Crippen molar-refractivity contribution in [2.45, 2.75) is 13.3 Å². The van der Waals surface area contributed by atoms with Gasteiger partial charge in [0.1, 0.15) is 12.4 Å². The largest absolute Gasteiger partial charge is 0.492 e. The summed E-state index contributed by atoms with van der Waals surface area (Å²) in [6.07, 6.45) is 2.36. The molecule has 2 N–H and O–H groups in total. The summed E-state index contributed by atoms with van der Waals surface area (Å²) in [5.41, 5.74) is 6.21.